The van der Waals surface area contributed by atoms with E-state index in [0.717, 1.165) is 4.20 Å². The van der Waals surface area contributed by atoms with E-state index in [1.807, 2.05) is 0 Å². The second-order valence-electron chi connectivity index (χ2n) is 2.86. The number of aromatic carboxylic acids is 1. The van der Waals surface area contributed by atoms with Crippen molar-refractivity contribution >= 4 is 28.6 Å². The predicted octanol–water partition coefficient (Wildman–Crippen LogP) is 1.10. The van der Waals surface area contributed by atoms with Crippen LogP contribution in [0.15, 0.2) is 29.1 Å². The smallest absolute Gasteiger partial charge is 0.360 e. The molecule has 0 atom stereocenters. The van der Waals surface area contributed by atoms with Gasteiger partial charge in [-0.05, 0) is 12.1 Å². The number of carboxylic acid groups (broad SMARTS) is 1. The first-order valence-electron chi connectivity index (χ1n) is 4.03. The van der Waals surface area contributed by atoms with Crippen molar-refractivity contribution in [3.8, 4) is 0 Å². The molecule has 1 N–H and O–H groups in total. The summed E-state index contributed by atoms with van der Waals surface area (Å²) in [6.45, 7) is 0. The van der Waals surface area contributed by atoms with Crippen LogP contribution in [0.3, 0.4) is 0 Å². The lowest BCUT2D eigenvalue weighted by atomic mass is 10.2. The van der Waals surface area contributed by atoms with Crippen LogP contribution in [0, 0.1) is 0 Å². The number of hydrogen-bond donors (Lipinski definition) is 1. The topological polar surface area (TPSA) is 72.2 Å². The second-order valence-corrected chi connectivity index (χ2v) is 3.18. The molecule has 0 radical (unpaired) electrons. The summed E-state index contributed by atoms with van der Waals surface area (Å²) >= 11 is 5.68. The minimum absolute atomic E-state index is 0.236. The Morgan fingerprint density at radius 1 is 1.40 bits per heavy atom. The fourth-order valence-corrected chi connectivity index (χ4v) is 1.50. The number of benzene rings is 1. The number of para-hydroxylation sites is 1. The van der Waals surface area contributed by atoms with E-state index in [1.54, 1.807) is 18.2 Å². The molecular formula is C9H5ClN2O3. The van der Waals surface area contributed by atoms with Gasteiger partial charge in [0.1, 0.15) is 0 Å². The minimum atomic E-state index is -1.39. The number of carboxylic acids is 1. The molecule has 2 aromatic rings. The Bertz CT molecular complexity index is 606. The summed E-state index contributed by atoms with van der Waals surface area (Å²) in [7, 11) is 0. The highest BCUT2D eigenvalue weighted by Gasteiger charge is 2.15. The monoisotopic (exact) mass is 224 g/mol. The number of fused-ring (bicyclic) bond motifs is 1. The quantitative estimate of drug-likeness (QED) is 0.787. The normalized spacial score (nSPS) is 10.5. The molecule has 0 aliphatic rings. The Balaban J connectivity index is 2.97. The number of aromatic nitrogens is 2. The molecule has 1 heterocycles. The third kappa shape index (κ3) is 1.46. The van der Waals surface area contributed by atoms with Gasteiger partial charge in [-0.1, -0.05) is 12.1 Å². The fraction of sp³-hybridized carbons (Fsp3) is 0. The van der Waals surface area contributed by atoms with Crippen molar-refractivity contribution in [1.29, 1.82) is 0 Å². The van der Waals surface area contributed by atoms with Crippen LogP contribution in [0.25, 0.3) is 10.9 Å². The summed E-state index contributed by atoms with van der Waals surface area (Å²) in [5, 5.41) is 12.4. The maximum Gasteiger partial charge on any atom is 0.360 e. The number of hydrogen-bond acceptors (Lipinski definition) is 3. The zero-order chi connectivity index (χ0) is 11.0. The molecule has 0 unspecified atom stereocenters. The molecule has 1 aromatic heterocycles. The average Bonchev–Trinajstić information content (AvgIpc) is 2.23. The summed E-state index contributed by atoms with van der Waals surface area (Å²) in [6, 6.07) is 6.40. The maximum atomic E-state index is 11.6. The van der Waals surface area contributed by atoms with Crippen molar-refractivity contribution in [2.24, 2.45) is 0 Å². The van der Waals surface area contributed by atoms with Gasteiger partial charge in [-0.15, -0.1) is 5.10 Å². The first-order valence-corrected chi connectivity index (χ1v) is 4.36. The Morgan fingerprint density at radius 3 is 2.73 bits per heavy atom. The molecule has 0 saturated carbocycles. The van der Waals surface area contributed by atoms with E-state index in [-0.39, 0.29) is 5.39 Å². The Morgan fingerprint density at radius 2 is 2.07 bits per heavy atom. The van der Waals surface area contributed by atoms with E-state index in [4.69, 9.17) is 16.9 Å². The minimum Gasteiger partial charge on any atom is -0.476 e. The average molecular weight is 225 g/mol. The fourth-order valence-electron chi connectivity index (χ4n) is 1.28. The Labute approximate surface area is 88.6 Å². The Hall–Kier alpha value is -1.88. The number of nitrogens with zero attached hydrogens (tertiary/aromatic N) is 2. The van der Waals surface area contributed by atoms with Crippen LogP contribution in [0.1, 0.15) is 10.5 Å². The van der Waals surface area contributed by atoms with Gasteiger partial charge in [0.05, 0.1) is 10.9 Å². The predicted molar refractivity (Wildman–Crippen MR) is 54.2 cm³/mol. The third-order valence-corrected chi connectivity index (χ3v) is 2.21. The highest BCUT2D eigenvalue weighted by molar-refractivity contribution is 6.18. The number of halogens is 1. The van der Waals surface area contributed by atoms with Crippen molar-refractivity contribution in [3.05, 3.63) is 40.2 Å². The highest BCUT2D eigenvalue weighted by atomic mass is 35.5. The molecule has 15 heavy (non-hydrogen) atoms. The van der Waals surface area contributed by atoms with Crippen molar-refractivity contribution in [3.63, 3.8) is 0 Å². The van der Waals surface area contributed by atoms with Crippen LogP contribution in [0.2, 0.25) is 0 Å². The molecule has 0 aliphatic heterocycles. The van der Waals surface area contributed by atoms with E-state index in [0.29, 0.717) is 5.52 Å². The van der Waals surface area contributed by atoms with Gasteiger partial charge in [-0.2, -0.15) is 4.20 Å². The summed E-state index contributed by atoms with van der Waals surface area (Å²) in [4.78, 5) is 22.3. The molecule has 0 fully saturated rings. The third-order valence-electron chi connectivity index (χ3n) is 1.95. The molecule has 0 aliphatic carbocycles. The lowest BCUT2D eigenvalue weighted by Crippen LogP contribution is -2.20. The lowest BCUT2D eigenvalue weighted by Gasteiger charge is -2.01. The van der Waals surface area contributed by atoms with E-state index in [9.17, 15) is 9.59 Å². The number of carbonyl (C=O) groups is 1. The van der Waals surface area contributed by atoms with E-state index >= 15 is 0 Å². The first-order chi connectivity index (χ1) is 7.11. The molecule has 0 amide bonds. The summed E-state index contributed by atoms with van der Waals surface area (Å²) < 4.78 is 0.861. The molecule has 1 aromatic carbocycles. The molecule has 0 saturated heterocycles. The van der Waals surface area contributed by atoms with Crippen molar-refractivity contribution in [2.45, 2.75) is 0 Å². The van der Waals surface area contributed by atoms with Gasteiger partial charge in [-0.3, -0.25) is 4.79 Å². The van der Waals surface area contributed by atoms with Crippen LogP contribution < -0.4 is 5.43 Å². The van der Waals surface area contributed by atoms with Gasteiger partial charge >= 0.3 is 5.97 Å². The van der Waals surface area contributed by atoms with Gasteiger partial charge in [0.2, 0.25) is 11.1 Å². The van der Waals surface area contributed by atoms with Gasteiger partial charge in [-0.25, -0.2) is 4.79 Å². The zero-order valence-electron chi connectivity index (χ0n) is 7.35. The molecule has 2 rings (SSSR count). The molecule has 76 valence electrons. The van der Waals surface area contributed by atoms with Crippen molar-refractivity contribution in [1.82, 2.24) is 9.30 Å². The van der Waals surface area contributed by atoms with Gasteiger partial charge < -0.3 is 5.11 Å². The summed E-state index contributed by atoms with van der Waals surface area (Å²) in [6.07, 6.45) is 0. The van der Waals surface area contributed by atoms with Crippen LogP contribution in [-0.2, 0) is 0 Å². The summed E-state index contributed by atoms with van der Waals surface area (Å²) in [5.41, 5.74) is -0.826. The highest BCUT2D eigenvalue weighted by Crippen LogP contribution is 2.10. The standard InChI is InChI=1S/C9H5ClN2O3/c10-12-6-4-2-1-3-5(6)8(13)7(11-12)9(14)15/h1-4H,(H,14,15). The Kier molecular flexibility index (Phi) is 2.17. The van der Waals surface area contributed by atoms with Gasteiger partial charge in [0.25, 0.3) is 0 Å². The van der Waals surface area contributed by atoms with Crippen LogP contribution in [-0.4, -0.2) is 20.4 Å². The molecule has 5 nitrogen and oxygen atoms in total. The lowest BCUT2D eigenvalue weighted by molar-refractivity contribution is 0.0687. The van der Waals surface area contributed by atoms with Gasteiger partial charge in [0, 0.05) is 11.8 Å². The van der Waals surface area contributed by atoms with Crippen LogP contribution in [0.4, 0.5) is 0 Å². The maximum absolute atomic E-state index is 11.6. The second kappa shape index (κ2) is 3.36. The zero-order valence-corrected chi connectivity index (χ0v) is 8.10. The van der Waals surface area contributed by atoms with E-state index < -0.39 is 17.1 Å². The largest absolute Gasteiger partial charge is 0.476 e. The molecule has 0 bridgehead atoms. The first kappa shape index (κ1) is 9.67. The summed E-state index contributed by atoms with van der Waals surface area (Å²) in [5.74, 6) is -1.39. The van der Waals surface area contributed by atoms with Crippen molar-refractivity contribution in [2.75, 3.05) is 0 Å². The molecule has 0 spiro atoms. The van der Waals surface area contributed by atoms with Crippen LogP contribution in [0.5, 0.6) is 0 Å². The SMILES string of the molecule is O=C(O)c1nn(Cl)c2ccccc2c1=O. The van der Waals surface area contributed by atoms with E-state index in [2.05, 4.69) is 5.10 Å². The molecule has 6 heteroatoms. The molecular weight excluding hydrogens is 220 g/mol. The number of rotatable bonds is 1. The van der Waals surface area contributed by atoms with Gasteiger partial charge in [0.15, 0.2) is 0 Å². The van der Waals surface area contributed by atoms with Crippen molar-refractivity contribution < 1.29 is 9.90 Å². The van der Waals surface area contributed by atoms with Crippen LogP contribution >= 0.6 is 11.8 Å². The van der Waals surface area contributed by atoms with E-state index in [1.165, 1.54) is 6.07 Å².